The highest BCUT2D eigenvalue weighted by atomic mass is 16.5. The number of hydrogen-bond acceptors (Lipinski definition) is 6. The molecule has 0 saturated carbocycles. The van der Waals surface area contributed by atoms with Crippen LogP contribution >= 0.6 is 0 Å². The van der Waals surface area contributed by atoms with Crippen molar-refractivity contribution < 1.29 is 9.84 Å². The van der Waals surface area contributed by atoms with Crippen molar-refractivity contribution in [2.24, 2.45) is 0 Å². The SMILES string of the molecule is COc1ncccc1CN1CCCC(O)(c2cn[nH]n2)C1. The topological polar surface area (TPSA) is 87.2 Å². The van der Waals surface area contributed by atoms with Gasteiger partial charge in [0.25, 0.3) is 0 Å². The normalized spacial score (nSPS) is 23.1. The minimum absolute atomic E-state index is 0.525. The van der Waals surface area contributed by atoms with Crippen LogP contribution < -0.4 is 4.74 Å². The molecule has 3 rings (SSSR count). The van der Waals surface area contributed by atoms with Crippen LogP contribution in [0, 0.1) is 0 Å². The molecule has 1 atom stereocenters. The Hall–Kier alpha value is -1.99. The molecule has 21 heavy (non-hydrogen) atoms. The number of hydrogen-bond donors (Lipinski definition) is 2. The molecule has 3 heterocycles. The number of rotatable bonds is 4. The molecule has 7 nitrogen and oxygen atoms in total. The van der Waals surface area contributed by atoms with E-state index >= 15 is 0 Å². The van der Waals surface area contributed by atoms with Crippen molar-refractivity contribution in [1.82, 2.24) is 25.3 Å². The number of H-pyrrole nitrogens is 1. The van der Waals surface area contributed by atoms with Crippen molar-refractivity contribution in [3.63, 3.8) is 0 Å². The summed E-state index contributed by atoms with van der Waals surface area (Å²) in [7, 11) is 1.62. The average molecular weight is 289 g/mol. The Morgan fingerprint density at radius 2 is 2.43 bits per heavy atom. The van der Waals surface area contributed by atoms with Crippen LogP contribution in [0.5, 0.6) is 5.88 Å². The van der Waals surface area contributed by atoms with E-state index in [0.717, 1.165) is 18.5 Å². The highest BCUT2D eigenvalue weighted by Crippen LogP contribution is 2.31. The first kappa shape index (κ1) is 14.0. The molecule has 1 saturated heterocycles. The summed E-state index contributed by atoms with van der Waals surface area (Å²) >= 11 is 0. The summed E-state index contributed by atoms with van der Waals surface area (Å²) in [6.07, 6.45) is 4.91. The largest absolute Gasteiger partial charge is 0.481 e. The molecule has 1 aliphatic rings. The second kappa shape index (κ2) is 5.79. The number of nitrogens with zero attached hydrogens (tertiary/aromatic N) is 4. The first-order valence-corrected chi connectivity index (χ1v) is 7.00. The number of ether oxygens (including phenoxy) is 1. The fourth-order valence-electron chi connectivity index (χ4n) is 2.86. The molecule has 112 valence electrons. The molecule has 7 heteroatoms. The monoisotopic (exact) mass is 289 g/mol. The average Bonchev–Trinajstić information content (AvgIpc) is 3.03. The Kier molecular flexibility index (Phi) is 3.85. The van der Waals surface area contributed by atoms with E-state index < -0.39 is 5.60 Å². The van der Waals surface area contributed by atoms with Gasteiger partial charge in [0.15, 0.2) is 0 Å². The van der Waals surface area contributed by atoms with Crippen LogP contribution in [0.15, 0.2) is 24.5 Å². The quantitative estimate of drug-likeness (QED) is 0.861. The van der Waals surface area contributed by atoms with Gasteiger partial charge in [-0.1, -0.05) is 6.07 Å². The fourth-order valence-corrected chi connectivity index (χ4v) is 2.86. The third-order valence-electron chi connectivity index (χ3n) is 3.88. The van der Waals surface area contributed by atoms with Gasteiger partial charge < -0.3 is 9.84 Å². The van der Waals surface area contributed by atoms with Gasteiger partial charge in [0.1, 0.15) is 11.3 Å². The summed E-state index contributed by atoms with van der Waals surface area (Å²) < 4.78 is 5.28. The number of nitrogens with one attached hydrogen (secondary N) is 1. The number of aromatic amines is 1. The molecule has 0 aromatic carbocycles. The van der Waals surface area contributed by atoms with Gasteiger partial charge in [0, 0.05) is 24.8 Å². The van der Waals surface area contributed by atoms with Gasteiger partial charge in [-0.25, -0.2) is 4.98 Å². The van der Waals surface area contributed by atoms with E-state index in [1.165, 1.54) is 0 Å². The van der Waals surface area contributed by atoms with E-state index in [1.807, 2.05) is 12.1 Å². The second-order valence-electron chi connectivity index (χ2n) is 5.37. The second-order valence-corrected chi connectivity index (χ2v) is 5.37. The van der Waals surface area contributed by atoms with Gasteiger partial charge in [0.2, 0.25) is 5.88 Å². The van der Waals surface area contributed by atoms with Gasteiger partial charge in [0.05, 0.1) is 13.3 Å². The molecule has 2 aromatic rings. The number of methoxy groups -OCH3 is 1. The third-order valence-corrected chi connectivity index (χ3v) is 3.88. The maximum atomic E-state index is 10.8. The first-order valence-electron chi connectivity index (χ1n) is 7.00. The summed E-state index contributed by atoms with van der Waals surface area (Å²) in [6, 6.07) is 3.89. The van der Waals surface area contributed by atoms with Gasteiger partial charge in [-0.2, -0.15) is 15.4 Å². The number of likely N-dealkylation sites (tertiary alicyclic amines) is 1. The van der Waals surface area contributed by atoms with Crippen LogP contribution in [0.3, 0.4) is 0 Å². The summed E-state index contributed by atoms with van der Waals surface area (Å²) in [4.78, 5) is 6.40. The minimum Gasteiger partial charge on any atom is -0.481 e. The smallest absolute Gasteiger partial charge is 0.217 e. The lowest BCUT2D eigenvalue weighted by Gasteiger charge is -2.38. The van der Waals surface area contributed by atoms with Crippen LogP contribution in [0.25, 0.3) is 0 Å². The molecule has 0 spiro atoms. The highest BCUT2D eigenvalue weighted by molar-refractivity contribution is 5.25. The van der Waals surface area contributed by atoms with Gasteiger partial charge >= 0.3 is 0 Å². The minimum atomic E-state index is -0.944. The zero-order valence-electron chi connectivity index (χ0n) is 12.0. The van der Waals surface area contributed by atoms with Crippen LogP contribution in [-0.4, -0.2) is 50.6 Å². The molecule has 1 aliphatic heterocycles. The number of aromatic nitrogens is 4. The molecule has 0 amide bonds. The zero-order chi connectivity index (χ0) is 14.7. The first-order chi connectivity index (χ1) is 10.2. The van der Waals surface area contributed by atoms with E-state index in [2.05, 4.69) is 25.3 Å². The van der Waals surface area contributed by atoms with E-state index in [-0.39, 0.29) is 0 Å². The third kappa shape index (κ3) is 2.88. The standard InChI is InChI=1S/C14H19N5O2/c1-21-13-11(4-2-6-15-13)9-19-7-3-5-14(20,10-19)12-8-16-18-17-12/h2,4,6,8,20H,3,5,7,9-10H2,1H3,(H,16,17,18). The van der Waals surface area contributed by atoms with Crippen molar-refractivity contribution in [1.29, 1.82) is 0 Å². The number of piperidine rings is 1. The predicted octanol–water partition coefficient (Wildman–Crippen LogP) is 0.692. The molecule has 2 aromatic heterocycles. The molecule has 1 fully saturated rings. The Balaban J connectivity index is 1.75. The summed E-state index contributed by atoms with van der Waals surface area (Å²) in [5.41, 5.74) is 0.676. The van der Waals surface area contributed by atoms with E-state index in [0.29, 0.717) is 31.1 Å². The number of pyridine rings is 1. The Morgan fingerprint density at radius 1 is 1.52 bits per heavy atom. The molecule has 0 aliphatic carbocycles. The molecular weight excluding hydrogens is 270 g/mol. The zero-order valence-corrected chi connectivity index (χ0v) is 12.0. The highest BCUT2D eigenvalue weighted by Gasteiger charge is 2.37. The van der Waals surface area contributed by atoms with Crippen molar-refractivity contribution >= 4 is 0 Å². The maximum absolute atomic E-state index is 10.8. The van der Waals surface area contributed by atoms with Crippen molar-refractivity contribution in [2.75, 3.05) is 20.2 Å². The molecule has 1 unspecified atom stereocenters. The van der Waals surface area contributed by atoms with Gasteiger partial charge in [-0.05, 0) is 25.5 Å². The van der Waals surface area contributed by atoms with Gasteiger partial charge in [-0.15, -0.1) is 0 Å². The predicted molar refractivity (Wildman–Crippen MR) is 75.6 cm³/mol. The molecule has 2 N–H and O–H groups in total. The Morgan fingerprint density at radius 3 is 3.19 bits per heavy atom. The number of aliphatic hydroxyl groups is 1. The lowest BCUT2D eigenvalue weighted by atomic mass is 9.90. The lowest BCUT2D eigenvalue weighted by Crippen LogP contribution is -2.46. The lowest BCUT2D eigenvalue weighted by molar-refractivity contribution is -0.0416. The van der Waals surface area contributed by atoms with Crippen LogP contribution in [0.4, 0.5) is 0 Å². The Bertz CT molecular complexity index is 589. The molecular formula is C14H19N5O2. The molecule has 0 bridgehead atoms. The summed E-state index contributed by atoms with van der Waals surface area (Å²) in [5, 5.41) is 21.2. The Labute approximate surface area is 123 Å². The van der Waals surface area contributed by atoms with Crippen LogP contribution in [0.2, 0.25) is 0 Å². The summed E-state index contributed by atoms with van der Waals surface area (Å²) in [5.74, 6) is 0.632. The number of β-amino-alcohol motifs (C(OH)–C–C–N with tert-alkyl or cyclic N) is 1. The van der Waals surface area contributed by atoms with Crippen molar-refractivity contribution in [2.45, 2.75) is 25.0 Å². The van der Waals surface area contributed by atoms with Crippen LogP contribution in [-0.2, 0) is 12.1 Å². The van der Waals surface area contributed by atoms with Gasteiger partial charge in [-0.3, -0.25) is 4.90 Å². The summed E-state index contributed by atoms with van der Waals surface area (Å²) in [6.45, 7) is 2.15. The maximum Gasteiger partial charge on any atom is 0.217 e. The van der Waals surface area contributed by atoms with E-state index in [4.69, 9.17) is 4.74 Å². The van der Waals surface area contributed by atoms with E-state index in [1.54, 1.807) is 19.5 Å². The van der Waals surface area contributed by atoms with Crippen molar-refractivity contribution in [3.05, 3.63) is 35.8 Å². The molecule has 0 radical (unpaired) electrons. The fraction of sp³-hybridized carbons (Fsp3) is 0.500. The van der Waals surface area contributed by atoms with Crippen molar-refractivity contribution in [3.8, 4) is 5.88 Å². The van der Waals surface area contributed by atoms with Crippen LogP contribution in [0.1, 0.15) is 24.1 Å². The van der Waals surface area contributed by atoms with E-state index in [9.17, 15) is 5.11 Å².